The summed E-state index contributed by atoms with van der Waals surface area (Å²) in [5, 5.41) is 0. The molecule has 2 aliphatic rings. The van der Waals surface area contributed by atoms with Gasteiger partial charge in [-0.25, -0.2) is 4.79 Å². The van der Waals surface area contributed by atoms with Gasteiger partial charge in [-0.05, 0) is 25.7 Å². The SMILES string of the molecule is CCOCC[C@H]1CCOC12CN(C(=O)N(C)C)C2. The van der Waals surface area contributed by atoms with Crippen LogP contribution in [0.5, 0.6) is 0 Å². The van der Waals surface area contributed by atoms with E-state index in [4.69, 9.17) is 9.47 Å². The molecule has 2 saturated heterocycles. The Kier molecular flexibility index (Phi) is 4.12. The molecule has 5 nitrogen and oxygen atoms in total. The molecule has 2 rings (SSSR count). The van der Waals surface area contributed by atoms with Crippen molar-refractivity contribution < 1.29 is 14.3 Å². The molecule has 2 aliphatic heterocycles. The fourth-order valence-electron chi connectivity index (χ4n) is 2.93. The van der Waals surface area contributed by atoms with Crippen LogP contribution in [-0.4, -0.2) is 68.4 Å². The fourth-order valence-corrected chi connectivity index (χ4v) is 2.93. The van der Waals surface area contributed by atoms with Gasteiger partial charge in [0, 0.05) is 33.9 Å². The Morgan fingerprint density at radius 2 is 2.22 bits per heavy atom. The molecule has 2 amide bonds. The number of likely N-dealkylation sites (tertiary alicyclic amines) is 1. The van der Waals surface area contributed by atoms with E-state index < -0.39 is 0 Å². The van der Waals surface area contributed by atoms with E-state index in [1.165, 1.54) is 0 Å². The summed E-state index contributed by atoms with van der Waals surface area (Å²) < 4.78 is 11.3. The molecule has 2 fully saturated rings. The summed E-state index contributed by atoms with van der Waals surface area (Å²) in [7, 11) is 3.57. The van der Waals surface area contributed by atoms with Crippen LogP contribution in [0.15, 0.2) is 0 Å². The molecule has 5 heteroatoms. The van der Waals surface area contributed by atoms with E-state index in [2.05, 4.69) is 0 Å². The maximum absolute atomic E-state index is 11.8. The number of carbonyl (C=O) groups excluding carboxylic acids is 1. The molecule has 0 saturated carbocycles. The first kappa shape index (κ1) is 13.6. The lowest BCUT2D eigenvalue weighted by Crippen LogP contribution is -2.67. The average molecular weight is 256 g/mol. The summed E-state index contributed by atoms with van der Waals surface area (Å²) in [6.45, 7) is 5.88. The van der Waals surface area contributed by atoms with Crippen molar-refractivity contribution in [2.24, 2.45) is 5.92 Å². The van der Waals surface area contributed by atoms with E-state index in [-0.39, 0.29) is 11.6 Å². The second-order valence-corrected chi connectivity index (χ2v) is 5.42. The third-order valence-electron chi connectivity index (χ3n) is 3.98. The van der Waals surface area contributed by atoms with Crippen molar-refractivity contribution in [3.8, 4) is 0 Å². The normalized spacial score (nSPS) is 25.3. The Morgan fingerprint density at radius 1 is 1.50 bits per heavy atom. The van der Waals surface area contributed by atoms with Crippen LogP contribution in [0.3, 0.4) is 0 Å². The van der Waals surface area contributed by atoms with E-state index >= 15 is 0 Å². The maximum Gasteiger partial charge on any atom is 0.319 e. The highest BCUT2D eigenvalue weighted by atomic mass is 16.5. The molecule has 104 valence electrons. The minimum Gasteiger partial charge on any atom is -0.382 e. The molecule has 0 aromatic rings. The third-order valence-corrected chi connectivity index (χ3v) is 3.98. The summed E-state index contributed by atoms with van der Waals surface area (Å²) in [5.74, 6) is 0.537. The first-order valence-electron chi connectivity index (χ1n) is 6.77. The fraction of sp³-hybridized carbons (Fsp3) is 0.923. The van der Waals surface area contributed by atoms with Gasteiger partial charge in [0.2, 0.25) is 0 Å². The lowest BCUT2D eigenvalue weighted by atomic mass is 9.79. The van der Waals surface area contributed by atoms with Crippen LogP contribution in [0.25, 0.3) is 0 Å². The van der Waals surface area contributed by atoms with Crippen molar-refractivity contribution in [3.05, 3.63) is 0 Å². The predicted octanol–water partition coefficient (Wildman–Crippen LogP) is 1.19. The molecule has 0 radical (unpaired) electrons. The van der Waals surface area contributed by atoms with Crippen molar-refractivity contribution in [1.82, 2.24) is 9.80 Å². The van der Waals surface area contributed by atoms with Crippen LogP contribution in [0.4, 0.5) is 4.79 Å². The molecule has 0 aromatic heterocycles. The van der Waals surface area contributed by atoms with Crippen molar-refractivity contribution in [2.75, 3.05) is 47.0 Å². The summed E-state index contributed by atoms with van der Waals surface area (Å²) in [5.41, 5.74) is -0.0806. The monoisotopic (exact) mass is 256 g/mol. The highest BCUT2D eigenvalue weighted by Crippen LogP contribution is 2.41. The Hall–Kier alpha value is -0.810. The number of hydrogen-bond donors (Lipinski definition) is 0. The van der Waals surface area contributed by atoms with Crippen LogP contribution < -0.4 is 0 Å². The number of carbonyl (C=O) groups is 1. The van der Waals surface area contributed by atoms with Crippen molar-refractivity contribution in [2.45, 2.75) is 25.4 Å². The number of ether oxygens (including phenoxy) is 2. The predicted molar refractivity (Wildman–Crippen MR) is 68.6 cm³/mol. The summed E-state index contributed by atoms with van der Waals surface area (Å²) in [6, 6.07) is 0.0830. The number of nitrogens with zero attached hydrogens (tertiary/aromatic N) is 2. The number of hydrogen-bond acceptors (Lipinski definition) is 3. The molecular weight excluding hydrogens is 232 g/mol. The molecule has 18 heavy (non-hydrogen) atoms. The second-order valence-electron chi connectivity index (χ2n) is 5.42. The van der Waals surface area contributed by atoms with Crippen LogP contribution in [0, 0.1) is 5.92 Å². The van der Waals surface area contributed by atoms with E-state index in [9.17, 15) is 4.79 Å². The lowest BCUT2D eigenvalue weighted by Gasteiger charge is -2.50. The van der Waals surface area contributed by atoms with Gasteiger partial charge in [-0.1, -0.05) is 0 Å². The first-order valence-corrected chi connectivity index (χ1v) is 6.77. The van der Waals surface area contributed by atoms with Crippen LogP contribution >= 0.6 is 0 Å². The minimum atomic E-state index is -0.0806. The van der Waals surface area contributed by atoms with Crippen molar-refractivity contribution >= 4 is 6.03 Å². The van der Waals surface area contributed by atoms with E-state index in [0.29, 0.717) is 5.92 Å². The number of urea groups is 1. The van der Waals surface area contributed by atoms with Gasteiger partial charge in [0.25, 0.3) is 0 Å². The zero-order chi connectivity index (χ0) is 13.2. The van der Waals surface area contributed by atoms with Gasteiger partial charge in [-0.3, -0.25) is 0 Å². The van der Waals surface area contributed by atoms with Crippen LogP contribution in [-0.2, 0) is 9.47 Å². The van der Waals surface area contributed by atoms with Gasteiger partial charge in [-0.15, -0.1) is 0 Å². The molecule has 0 N–H and O–H groups in total. The summed E-state index contributed by atoms with van der Waals surface area (Å²) in [6.07, 6.45) is 2.13. The molecule has 2 heterocycles. The van der Waals surface area contributed by atoms with Gasteiger partial charge in [0.15, 0.2) is 0 Å². The zero-order valence-electron chi connectivity index (χ0n) is 11.6. The van der Waals surface area contributed by atoms with Crippen LogP contribution in [0.2, 0.25) is 0 Å². The topological polar surface area (TPSA) is 42.0 Å². The number of rotatable bonds is 4. The van der Waals surface area contributed by atoms with Crippen LogP contribution in [0.1, 0.15) is 19.8 Å². The van der Waals surface area contributed by atoms with Gasteiger partial charge >= 0.3 is 6.03 Å². The largest absolute Gasteiger partial charge is 0.382 e. The van der Waals surface area contributed by atoms with E-state index in [1.54, 1.807) is 19.0 Å². The standard InChI is InChI=1S/C13H24N2O3/c1-4-17-7-5-11-6-8-18-13(11)9-15(10-13)12(16)14(2)3/h11H,4-10H2,1-3H3/t11-/m0/s1. The summed E-state index contributed by atoms with van der Waals surface area (Å²) in [4.78, 5) is 15.3. The summed E-state index contributed by atoms with van der Waals surface area (Å²) >= 11 is 0. The molecular formula is C13H24N2O3. The second kappa shape index (κ2) is 5.45. The Morgan fingerprint density at radius 3 is 2.83 bits per heavy atom. The van der Waals surface area contributed by atoms with E-state index in [1.807, 2.05) is 11.8 Å². The Bertz CT molecular complexity index is 301. The first-order chi connectivity index (χ1) is 8.59. The van der Waals surface area contributed by atoms with E-state index in [0.717, 1.165) is 45.8 Å². The van der Waals surface area contributed by atoms with Gasteiger partial charge in [-0.2, -0.15) is 0 Å². The smallest absolute Gasteiger partial charge is 0.319 e. The average Bonchev–Trinajstić information content (AvgIpc) is 2.70. The highest BCUT2D eigenvalue weighted by molar-refractivity contribution is 5.75. The molecule has 1 spiro atoms. The quantitative estimate of drug-likeness (QED) is 0.709. The van der Waals surface area contributed by atoms with Crippen molar-refractivity contribution in [1.29, 1.82) is 0 Å². The Balaban J connectivity index is 1.84. The Labute approximate surface area is 109 Å². The molecule has 0 aromatic carbocycles. The van der Waals surface area contributed by atoms with Crippen molar-refractivity contribution in [3.63, 3.8) is 0 Å². The molecule has 0 aliphatic carbocycles. The minimum absolute atomic E-state index is 0.0806. The van der Waals surface area contributed by atoms with Gasteiger partial charge < -0.3 is 19.3 Å². The highest BCUT2D eigenvalue weighted by Gasteiger charge is 2.54. The molecule has 1 atom stereocenters. The lowest BCUT2D eigenvalue weighted by molar-refractivity contribution is -0.120. The maximum atomic E-state index is 11.8. The zero-order valence-corrected chi connectivity index (χ0v) is 11.6. The van der Waals surface area contributed by atoms with Gasteiger partial charge in [0.05, 0.1) is 13.1 Å². The molecule has 0 bridgehead atoms. The number of amides is 2. The third kappa shape index (κ3) is 2.47. The van der Waals surface area contributed by atoms with Gasteiger partial charge in [0.1, 0.15) is 5.60 Å². The molecule has 0 unspecified atom stereocenters.